The largest absolute Gasteiger partial charge is 0.496 e. The van der Waals surface area contributed by atoms with Crippen molar-refractivity contribution in [3.63, 3.8) is 0 Å². The number of rotatable bonds is 17. The Kier molecular flexibility index (Phi) is 14.7. The number of methoxy groups -OCH3 is 3. The van der Waals surface area contributed by atoms with E-state index in [1.165, 1.54) is 39.2 Å². The Hall–Kier alpha value is -6.53. The topological polar surface area (TPSA) is 141 Å². The van der Waals surface area contributed by atoms with Gasteiger partial charge in [0.1, 0.15) is 16.7 Å². The average molecular weight is 774 g/mol. The van der Waals surface area contributed by atoms with E-state index in [0.717, 1.165) is 23.3 Å². The summed E-state index contributed by atoms with van der Waals surface area (Å²) in [4.78, 5) is 53.9. The van der Waals surface area contributed by atoms with Gasteiger partial charge in [-0.2, -0.15) is 0 Å². The predicted molar refractivity (Wildman–Crippen MR) is 218 cm³/mol. The zero-order valence-electron chi connectivity index (χ0n) is 31.5. The van der Waals surface area contributed by atoms with Gasteiger partial charge in [-0.15, -0.1) is 11.8 Å². The summed E-state index contributed by atoms with van der Waals surface area (Å²) < 4.78 is 21.7. The lowest BCUT2D eigenvalue weighted by atomic mass is 10.1. The summed E-state index contributed by atoms with van der Waals surface area (Å²) in [6.45, 7) is 2.38. The van der Waals surface area contributed by atoms with Crippen LogP contribution >= 0.6 is 11.8 Å². The van der Waals surface area contributed by atoms with Crippen molar-refractivity contribution < 1.29 is 38.1 Å². The predicted octanol–water partition coefficient (Wildman–Crippen LogP) is 8.55. The van der Waals surface area contributed by atoms with Crippen molar-refractivity contribution in [1.82, 2.24) is 5.32 Å². The fraction of sp³-hybridized carbons (Fsp3) is 0.182. The Morgan fingerprint density at radius 3 is 1.89 bits per heavy atom. The highest BCUT2D eigenvalue weighted by molar-refractivity contribution is 8.00. The number of unbranched alkanes of at least 4 members (excludes halogenated alkanes) is 1. The number of anilines is 2. The van der Waals surface area contributed by atoms with Gasteiger partial charge in [0.05, 0.1) is 33.5 Å². The molecule has 5 aromatic carbocycles. The van der Waals surface area contributed by atoms with E-state index in [0.29, 0.717) is 51.9 Å². The van der Waals surface area contributed by atoms with Gasteiger partial charge >= 0.3 is 5.97 Å². The molecule has 3 amide bonds. The number of hydrogen-bond donors (Lipinski definition) is 3. The van der Waals surface area contributed by atoms with Gasteiger partial charge in [-0.25, -0.2) is 4.79 Å². The molecule has 56 heavy (non-hydrogen) atoms. The van der Waals surface area contributed by atoms with E-state index in [1.54, 1.807) is 91.0 Å². The number of esters is 1. The molecule has 0 fully saturated rings. The van der Waals surface area contributed by atoms with Crippen LogP contribution in [0.4, 0.5) is 11.4 Å². The third-order valence-electron chi connectivity index (χ3n) is 8.39. The molecule has 3 N–H and O–H groups in total. The van der Waals surface area contributed by atoms with Gasteiger partial charge in [-0.3, -0.25) is 14.4 Å². The Morgan fingerprint density at radius 2 is 1.27 bits per heavy atom. The van der Waals surface area contributed by atoms with Gasteiger partial charge in [0.2, 0.25) is 5.91 Å². The van der Waals surface area contributed by atoms with Crippen LogP contribution in [0.3, 0.4) is 0 Å². The third-order valence-corrected chi connectivity index (χ3v) is 9.66. The van der Waals surface area contributed by atoms with Crippen LogP contribution in [0.2, 0.25) is 0 Å². The summed E-state index contributed by atoms with van der Waals surface area (Å²) in [5.74, 6) is -0.511. The van der Waals surface area contributed by atoms with Crippen molar-refractivity contribution in [1.29, 1.82) is 0 Å². The first-order valence-corrected chi connectivity index (χ1v) is 18.7. The molecule has 5 aromatic rings. The molecule has 0 saturated carbocycles. The second kappa shape index (κ2) is 20.2. The van der Waals surface area contributed by atoms with E-state index in [9.17, 15) is 19.2 Å². The molecule has 288 valence electrons. The molecule has 0 aromatic heterocycles. The van der Waals surface area contributed by atoms with Gasteiger partial charge in [0.25, 0.3) is 11.8 Å². The Bertz CT molecular complexity index is 2140. The molecule has 12 heteroatoms. The van der Waals surface area contributed by atoms with E-state index >= 15 is 0 Å². The number of thioether (sulfide) groups is 1. The Labute approximate surface area is 330 Å². The number of hydrogen-bond acceptors (Lipinski definition) is 9. The summed E-state index contributed by atoms with van der Waals surface area (Å²) >= 11 is 1.34. The highest BCUT2D eigenvalue weighted by Crippen LogP contribution is 2.38. The molecule has 0 aliphatic rings. The van der Waals surface area contributed by atoms with Crippen LogP contribution in [-0.4, -0.2) is 51.6 Å². The van der Waals surface area contributed by atoms with Gasteiger partial charge in [-0.1, -0.05) is 61.9 Å². The van der Waals surface area contributed by atoms with Crippen LogP contribution < -0.4 is 30.2 Å². The number of ether oxygens (including phenoxy) is 4. The van der Waals surface area contributed by atoms with Gasteiger partial charge in [0, 0.05) is 33.5 Å². The highest BCUT2D eigenvalue weighted by atomic mass is 32.2. The quantitative estimate of drug-likeness (QED) is 0.0367. The smallest absolute Gasteiger partial charge is 0.338 e. The number of amides is 3. The molecule has 11 nitrogen and oxygen atoms in total. The zero-order valence-corrected chi connectivity index (χ0v) is 32.3. The lowest BCUT2D eigenvalue weighted by molar-refractivity contribution is -0.116. The lowest BCUT2D eigenvalue weighted by Gasteiger charge is -2.18. The maximum atomic E-state index is 13.8. The van der Waals surface area contributed by atoms with E-state index in [4.69, 9.17) is 18.9 Å². The number of carbonyl (C=O) groups excluding carboxylic acids is 4. The van der Waals surface area contributed by atoms with Gasteiger partial charge in [0.15, 0.2) is 11.5 Å². The molecule has 0 radical (unpaired) electrons. The first-order chi connectivity index (χ1) is 27.2. The Morgan fingerprint density at radius 1 is 0.679 bits per heavy atom. The second-order valence-corrected chi connectivity index (χ2v) is 13.4. The molecular formula is C44H43N3O8S. The lowest BCUT2D eigenvalue weighted by Crippen LogP contribution is -2.30. The van der Waals surface area contributed by atoms with Crippen LogP contribution in [-0.2, 0) is 14.3 Å². The SMILES string of the molecule is CCCCOC(=O)c1ccc(NC(=O)C(Sc2ccc(NC(=O)/C(=C/c3cc(OC)c(OC)cc3OC)NC(=O)c3ccccc3)cc2)c2ccccc2)cc1. The average Bonchev–Trinajstić information content (AvgIpc) is 3.23. The normalized spacial score (nSPS) is 11.5. The zero-order chi connectivity index (χ0) is 39.9. The number of nitrogens with one attached hydrogen (secondary N) is 3. The van der Waals surface area contributed by atoms with Crippen LogP contribution in [0.1, 0.15) is 56.9 Å². The molecule has 0 bridgehead atoms. The molecule has 0 saturated heterocycles. The van der Waals surface area contributed by atoms with E-state index in [1.807, 2.05) is 37.3 Å². The fourth-order valence-corrected chi connectivity index (χ4v) is 6.43. The molecule has 0 heterocycles. The molecule has 0 spiro atoms. The third kappa shape index (κ3) is 11.0. The van der Waals surface area contributed by atoms with E-state index < -0.39 is 23.0 Å². The summed E-state index contributed by atoms with van der Waals surface area (Å²) in [6.07, 6.45) is 3.21. The number of carbonyl (C=O) groups is 4. The molecule has 1 unspecified atom stereocenters. The fourth-order valence-electron chi connectivity index (χ4n) is 5.41. The molecular weight excluding hydrogens is 731 g/mol. The minimum absolute atomic E-state index is 0.0509. The van der Waals surface area contributed by atoms with Crippen LogP contribution in [0.25, 0.3) is 6.08 Å². The molecule has 1 atom stereocenters. The van der Waals surface area contributed by atoms with E-state index in [2.05, 4.69) is 16.0 Å². The first kappa shape index (κ1) is 40.7. The number of benzene rings is 5. The monoisotopic (exact) mass is 773 g/mol. The van der Waals surface area contributed by atoms with Crippen LogP contribution in [0.5, 0.6) is 17.2 Å². The molecule has 5 rings (SSSR count). The summed E-state index contributed by atoms with van der Waals surface area (Å²) in [5.41, 5.74) is 2.95. The first-order valence-electron chi connectivity index (χ1n) is 17.8. The van der Waals surface area contributed by atoms with Gasteiger partial charge in [-0.05, 0) is 84.8 Å². The van der Waals surface area contributed by atoms with Crippen molar-refractivity contribution >= 4 is 52.9 Å². The Balaban J connectivity index is 1.34. The van der Waals surface area contributed by atoms with Crippen molar-refractivity contribution in [2.75, 3.05) is 38.6 Å². The van der Waals surface area contributed by atoms with Crippen LogP contribution in [0.15, 0.2) is 132 Å². The maximum Gasteiger partial charge on any atom is 0.338 e. The minimum Gasteiger partial charge on any atom is -0.496 e. The summed E-state index contributed by atoms with van der Waals surface area (Å²) in [7, 11) is 4.48. The van der Waals surface area contributed by atoms with Crippen LogP contribution in [0, 0.1) is 0 Å². The van der Waals surface area contributed by atoms with Gasteiger partial charge < -0.3 is 34.9 Å². The summed E-state index contributed by atoms with van der Waals surface area (Å²) in [6, 6.07) is 34.8. The summed E-state index contributed by atoms with van der Waals surface area (Å²) in [5, 5.41) is 7.93. The highest BCUT2D eigenvalue weighted by Gasteiger charge is 2.23. The second-order valence-electron chi connectivity index (χ2n) is 12.3. The van der Waals surface area contributed by atoms with Crippen molar-refractivity contribution in [2.45, 2.75) is 29.9 Å². The molecule has 0 aliphatic carbocycles. The maximum absolute atomic E-state index is 13.8. The minimum atomic E-state index is -0.630. The van der Waals surface area contributed by atoms with E-state index in [-0.39, 0.29) is 11.6 Å². The molecule has 0 aliphatic heterocycles. The van der Waals surface area contributed by atoms with Crippen molar-refractivity contribution in [3.05, 3.63) is 149 Å². The van der Waals surface area contributed by atoms with Crippen molar-refractivity contribution in [3.8, 4) is 17.2 Å². The standard InChI is InChI=1S/C44H43N3O8S/c1-5-6-25-55-44(51)31-17-19-33(20-18-31)46-43(50)40(29-13-9-7-10-14-29)56-35-23-21-34(22-24-35)45-42(49)36(47-41(48)30-15-11-8-12-16-30)26-32-27-38(53-3)39(54-4)28-37(32)52-2/h7-24,26-28,40H,5-6,25H2,1-4H3,(H,45,49)(H,46,50)(H,47,48)/b36-26-. The van der Waals surface area contributed by atoms with Crippen molar-refractivity contribution in [2.24, 2.45) is 0 Å².